The highest BCUT2D eigenvalue weighted by molar-refractivity contribution is 6.31. The molecule has 80 valence electrons. The third-order valence-electron chi connectivity index (χ3n) is 2.76. The van der Waals surface area contributed by atoms with E-state index < -0.39 is 0 Å². The second-order valence-electron chi connectivity index (χ2n) is 3.66. The molecule has 3 nitrogen and oxygen atoms in total. The maximum absolute atomic E-state index is 11.4. The van der Waals surface area contributed by atoms with E-state index in [2.05, 4.69) is 4.74 Å². The first-order valence-electron chi connectivity index (χ1n) is 4.79. The number of methoxy groups -OCH3 is 1. The Morgan fingerprint density at radius 2 is 2.33 bits per heavy atom. The van der Waals surface area contributed by atoms with Crippen molar-refractivity contribution in [3.8, 4) is 0 Å². The molecule has 1 aromatic rings. The molecule has 0 fully saturated rings. The molecule has 1 aliphatic carbocycles. The summed E-state index contributed by atoms with van der Waals surface area (Å²) in [6, 6.07) is 3.41. The summed E-state index contributed by atoms with van der Waals surface area (Å²) >= 11 is 6.08. The lowest BCUT2D eigenvalue weighted by atomic mass is 10.0. The van der Waals surface area contributed by atoms with Gasteiger partial charge in [0.25, 0.3) is 0 Å². The average Bonchev–Trinajstić information content (AvgIpc) is 2.60. The normalized spacial score (nSPS) is 18.7. The number of ether oxygens (including phenoxy) is 1. The number of hydrogen-bond acceptors (Lipinski definition) is 3. The largest absolute Gasteiger partial charge is 0.465 e. The van der Waals surface area contributed by atoms with Gasteiger partial charge in [-0.15, -0.1) is 0 Å². The number of benzene rings is 1. The van der Waals surface area contributed by atoms with Crippen LogP contribution in [0.25, 0.3) is 0 Å². The van der Waals surface area contributed by atoms with E-state index >= 15 is 0 Å². The highest BCUT2D eigenvalue weighted by Crippen LogP contribution is 2.35. The topological polar surface area (TPSA) is 52.3 Å². The fraction of sp³-hybridized carbons (Fsp3) is 0.364. The maximum Gasteiger partial charge on any atom is 0.337 e. The zero-order valence-electron chi connectivity index (χ0n) is 8.42. The Hall–Kier alpha value is -1.06. The summed E-state index contributed by atoms with van der Waals surface area (Å²) in [4.78, 5) is 11.4. The van der Waals surface area contributed by atoms with Crippen LogP contribution in [0.4, 0.5) is 0 Å². The predicted octanol–water partition coefficient (Wildman–Crippen LogP) is 2.07. The Bertz CT molecular complexity index is 417. The van der Waals surface area contributed by atoms with Gasteiger partial charge < -0.3 is 10.5 Å². The summed E-state index contributed by atoms with van der Waals surface area (Å²) in [5, 5.41) is 0.612. The Morgan fingerprint density at radius 3 is 3.00 bits per heavy atom. The van der Waals surface area contributed by atoms with E-state index in [1.54, 1.807) is 12.1 Å². The summed E-state index contributed by atoms with van der Waals surface area (Å²) in [6.45, 7) is 0. The van der Waals surface area contributed by atoms with Gasteiger partial charge in [-0.1, -0.05) is 11.6 Å². The van der Waals surface area contributed by atoms with E-state index in [0.29, 0.717) is 10.6 Å². The van der Waals surface area contributed by atoms with Gasteiger partial charge in [-0.3, -0.25) is 0 Å². The molecule has 0 aromatic heterocycles. The molecule has 0 spiro atoms. The SMILES string of the molecule is COC(=O)c1cc(Cl)c2c(c1)C(N)CC2. The standard InChI is InChI=1S/C11H12ClNO2/c1-15-11(14)6-4-8-7(9(12)5-6)2-3-10(8)13/h4-5,10H,2-3,13H2,1H3. The van der Waals surface area contributed by atoms with Crippen LogP contribution in [0.5, 0.6) is 0 Å². The molecule has 1 aromatic carbocycles. The monoisotopic (exact) mass is 225 g/mol. The highest BCUT2D eigenvalue weighted by Gasteiger charge is 2.23. The van der Waals surface area contributed by atoms with Crippen molar-refractivity contribution in [3.63, 3.8) is 0 Å². The number of hydrogen-bond donors (Lipinski definition) is 1. The second kappa shape index (κ2) is 3.83. The first-order valence-corrected chi connectivity index (χ1v) is 5.17. The number of carbonyl (C=O) groups is 1. The van der Waals surface area contributed by atoms with Crippen LogP contribution >= 0.6 is 11.6 Å². The zero-order valence-corrected chi connectivity index (χ0v) is 9.17. The van der Waals surface area contributed by atoms with E-state index in [1.165, 1.54) is 7.11 Å². The minimum Gasteiger partial charge on any atom is -0.465 e. The number of halogens is 1. The Balaban J connectivity index is 2.50. The van der Waals surface area contributed by atoms with Crippen molar-refractivity contribution >= 4 is 17.6 Å². The summed E-state index contributed by atoms with van der Waals surface area (Å²) < 4.78 is 4.65. The average molecular weight is 226 g/mol. The van der Waals surface area contributed by atoms with Crippen molar-refractivity contribution in [2.75, 3.05) is 7.11 Å². The zero-order chi connectivity index (χ0) is 11.0. The lowest BCUT2D eigenvalue weighted by molar-refractivity contribution is 0.0600. The van der Waals surface area contributed by atoms with E-state index in [0.717, 1.165) is 24.0 Å². The van der Waals surface area contributed by atoms with Crippen molar-refractivity contribution in [2.24, 2.45) is 5.73 Å². The van der Waals surface area contributed by atoms with E-state index in [9.17, 15) is 4.79 Å². The van der Waals surface area contributed by atoms with Crippen LogP contribution in [0.1, 0.15) is 33.9 Å². The van der Waals surface area contributed by atoms with Crippen molar-refractivity contribution in [3.05, 3.63) is 33.8 Å². The van der Waals surface area contributed by atoms with E-state index in [4.69, 9.17) is 17.3 Å². The van der Waals surface area contributed by atoms with Crippen molar-refractivity contribution in [1.82, 2.24) is 0 Å². The fourth-order valence-corrected chi connectivity index (χ4v) is 2.26. The molecule has 1 aliphatic rings. The molecule has 0 radical (unpaired) electrons. The quantitative estimate of drug-likeness (QED) is 0.745. The van der Waals surface area contributed by atoms with E-state index in [-0.39, 0.29) is 12.0 Å². The molecule has 1 unspecified atom stereocenters. The van der Waals surface area contributed by atoms with Crippen LogP contribution < -0.4 is 5.73 Å². The molecule has 0 aliphatic heterocycles. The molecule has 1 atom stereocenters. The van der Waals surface area contributed by atoms with E-state index in [1.807, 2.05) is 0 Å². The van der Waals surface area contributed by atoms with Crippen LogP contribution in [0.15, 0.2) is 12.1 Å². The molecule has 0 bridgehead atoms. The van der Waals surface area contributed by atoms with Crippen molar-refractivity contribution in [2.45, 2.75) is 18.9 Å². The molecule has 0 heterocycles. The highest BCUT2D eigenvalue weighted by atomic mass is 35.5. The predicted molar refractivity (Wildman–Crippen MR) is 58.0 cm³/mol. The Labute approximate surface area is 93.2 Å². The fourth-order valence-electron chi connectivity index (χ4n) is 1.94. The summed E-state index contributed by atoms with van der Waals surface area (Å²) in [5.74, 6) is -0.376. The molecule has 2 N–H and O–H groups in total. The van der Waals surface area contributed by atoms with Crippen LogP contribution in [-0.2, 0) is 11.2 Å². The Morgan fingerprint density at radius 1 is 1.60 bits per heavy atom. The molecule has 0 amide bonds. The van der Waals surface area contributed by atoms with Gasteiger partial charge in [0, 0.05) is 11.1 Å². The molecule has 0 saturated carbocycles. The van der Waals surface area contributed by atoms with Gasteiger partial charge in [0.1, 0.15) is 0 Å². The second-order valence-corrected chi connectivity index (χ2v) is 4.07. The summed E-state index contributed by atoms with van der Waals surface area (Å²) in [5.41, 5.74) is 8.43. The van der Waals surface area contributed by atoms with Gasteiger partial charge in [-0.25, -0.2) is 4.79 Å². The first kappa shape index (κ1) is 10.5. The minimum absolute atomic E-state index is 0.0119. The minimum atomic E-state index is -0.376. The lowest BCUT2D eigenvalue weighted by Crippen LogP contribution is -2.08. The van der Waals surface area contributed by atoms with Crippen molar-refractivity contribution < 1.29 is 9.53 Å². The van der Waals surface area contributed by atoms with Gasteiger partial charge >= 0.3 is 5.97 Å². The summed E-state index contributed by atoms with van der Waals surface area (Å²) in [7, 11) is 1.35. The maximum atomic E-state index is 11.4. The van der Waals surface area contributed by atoms with Gasteiger partial charge in [0.2, 0.25) is 0 Å². The van der Waals surface area contributed by atoms with Crippen LogP contribution in [-0.4, -0.2) is 13.1 Å². The van der Waals surface area contributed by atoms with Gasteiger partial charge in [-0.2, -0.15) is 0 Å². The third-order valence-corrected chi connectivity index (χ3v) is 3.09. The molecular weight excluding hydrogens is 214 g/mol. The van der Waals surface area contributed by atoms with Gasteiger partial charge in [-0.05, 0) is 36.1 Å². The summed E-state index contributed by atoms with van der Waals surface area (Å²) in [6.07, 6.45) is 1.77. The molecule has 15 heavy (non-hydrogen) atoms. The molecule has 0 saturated heterocycles. The van der Waals surface area contributed by atoms with Gasteiger partial charge in [0.15, 0.2) is 0 Å². The Kier molecular flexibility index (Phi) is 2.67. The third kappa shape index (κ3) is 1.73. The lowest BCUT2D eigenvalue weighted by Gasteiger charge is -2.08. The van der Waals surface area contributed by atoms with Crippen molar-refractivity contribution in [1.29, 1.82) is 0 Å². The van der Waals surface area contributed by atoms with Gasteiger partial charge in [0.05, 0.1) is 12.7 Å². The molecule has 4 heteroatoms. The number of carbonyl (C=O) groups excluding carboxylic acids is 1. The number of rotatable bonds is 1. The van der Waals surface area contributed by atoms with Crippen LogP contribution in [0.2, 0.25) is 5.02 Å². The first-order chi connectivity index (χ1) is 7.13. The van der Waals surface area contributed by atoms with Crippen LogP contribution in [0, 0.1) is 0 Å². The number of nitrogens with two attached hydrogens (primary N) is 1. The number of fused-ring (bicyclic) bond motifs is 1. The van der Waals surface area contributed by atoms with Crippen LogP contribution in [0.3, 0.4) is 0 Å². The smallest absolute Gasteiger partial charge is 0.337 e. The molecular formula is C11H12ClNO2. The number of esters is 1. The molecule has 2 rings (SSSR count).